The second-order valence-electron chi connectivity index (χ2n) is 8.10. The number of anilines is 1. The third kappa shape index (κ3) is 6.79. The molecule has 0 aliphatic heterocycles. The van der Waals surface area contributed by atoms with E-state index in [1.54, 1.807) is 6.07 Å². The van der Waals surface area contributed by atoms with Crippen molar-refractivity contribution in [3.63, 3.8) is 0 Å². The quantitative estimate of drug-likeness (QED) is 0.440. The minimum absolute atomic E-state index is 0.0193. The van der Waals surface area contributed by atoms with Crippen LogP contribution in [0, 0.1) is 0 Å². The number of rotatable bonds is 13. The summed E-state index contributed by atoms with van der Waals surface area (Å²) in [6.45, 7) is 4.44. The minimum Gasteiger partial charge on any atom is -0.478 e. The van der Waals surface area contributed by atoms with Gasteiger partial charge < -0.3 is 14.9 Å². The van der Waals surface area contributed by atoms with Crippen LogP contribution in [-0.4, -0.2) is 65.2 Å². The Bertz CT molecular complexity index is 992. The fourth-order valence-corrected chi connectivity index (χ4v) is 4.67. The van der Waals surface area contributed by atoms with Crippen molar-refractivity contribution in [1.82, 2.24) is 9.62 Å². The van der Waals surface area contributed by atoms with E-state index in [9.17, 15) is 18.3 Å². The molecule has 0 atom stereocenters. The molecule has 0 unspecified atom stereocenters. The number of carboxylic acid groups (broad SMARTS) is 1. The molecule has 0 heterocycles. The van der Waals surface area contributed by atoms with Gasteiger partial charge in [-0.2, -0.15) is 0 Å². The average Bonchev–Trinajstić information content (AvgIpc) is 2.77. The molecule has 8 heteroatoms. The predicted molar refractivity (Wildman–Crippen MR) is 130 cm³/mol. The van der Waals surface area contributed by atoms with E-state index in [1.807, 2.05) is 44.4 Å². The summed E-state index contributed by atoms with van der Waals surface area (Å²) in [6.07, 6.45) is 3.92. The monoisotopic (exact) mass is 461 g/mol. The van der Waals surface area contributed by atoms with E-state index in [0.717, 1.165) is 44.3 Å². The number of carbonyl (C=O) groups is 1. The lowest BCUT2D eigenvalue weighted by Crippen LogP contribution is -2.30. The van der Waals surface area contributed by atoms with Gasteiger partial charge in [-0.05, 0) is 58.2 Å². The largest absolute Gasteiger partial charge is 0.478 e. The Morgan fingerprint density at radius 1 is 1.00 bits per heavy atom. The zero-order valence-corrected chi connectivity index (χ0v) is 20.3. The molecule has 2 rings (SSSR count). The minimum atomic E-state index is -3.90. The molecule has 0 spiro atoms. The summed E-state index contributed by atoms with van der Waals surface area (Å²) in [5, 5.41) is 9.74. The highest BCUT2D eigenvalue weighted by molar-refractivity contribution is 7.89. The van der Waals surface area contributed by atoms with E-state index in [2.05, 4.69) is 21.4 Å². The summed E-state index contributed by atoms with van der Waals surface area (Å²) in [6, 6.07) is 12.2. The Labute approximate surface area is 192 Å². The van der Waals surface area contributed by atoms with Gasteiger partial charge in [0.05, 0.1) is 10.5 Å². The molecular weight excluding hydrogens is 426 g/mol. The molecule has 32 heavy (non-hydrogen) atoms. The van der Waals surface area contributed by atoms with Crippen molar-refractivity contribution in [1.29, 1.82) is 0 Å². The fourth-order valence-electron chi connectivity index (χ4n) is 3.67. The van der Waals surface area contributed by atoms with Crippen LogP contribution in [0.3, 0.4) is 0 Å². The molecule has 0 saturated heterocycles. The molecule has 7 nitrogen and oxygen atoms in total. The molecule has 0 bridgehead atoms. The number of hydrogen-bond acceptors (Lipinski definition) is 5. The van der Waals surface area contributed by atoms with Crippen molar-refractivity contribution in [3.05, 3.63) is 48.0 Å². The van der Waals surface area contributed by atoms with Crippen LogP contribution in [-0.2, 0) is 10.0 Å². The third-order valence-electron chi connectivity index (χ3n) is 5.35. The van der Waals surface area contributed by atoms with Crippen molar-refractivity contribution in [2.45, 2.75) is 37.5 Å². The normalized spacial score (nSPS) is 11.7. The molecule has 2 aromatic carbocycles. The summed E-state index contributed by atoms with van der Waals surface area (Å²) in [7, 11) is 1.47. The molecular formula is C24H35N3O4S. The third-order valence-corrected chi connectivity index (χ3v) is 6.79. The van der Waals surface area contributed by atoms with Gasteiger partial charge in [-0.1, -0.05) is 50.1 Å². The lowest BCUT2D eigenvalue weighted by molar-refractivity contribution is 0.0696. The van der Waals surface area contributed by atoms with Crippen LogP contribution < -0.4 is 9.62 Å². The Kier molecular flexibility index (Phi) is 9.68. The van der Waals surface area contributed by atoms with E-state index in [1.165, 1.54) is 13.1 Å². The van der Waals surface area contributed by atoms with Crippen molar-refractivity contribution in [2.75, 3.05) is 45.7 Å². The van der Waals surface area contributed by atoms with Crippen LogP contribution >= 0.6 is 0 Å². The number of carboxylic acids is 1. The molecule has 0 aromatic heterocycles. The number of nitrogens with zero attached hydrogens (tertiary/aromatic N) is 2. The molecule has 0 saturated carbocycles. The first kappa shape index (κ1) is 25.8. The van der Waals surface area contributed by atoms with Gasteiger partial charge >= 0.3 is 5.97 Å². The van der Waals surface area contributed by atoms with Crippen LogP contribution in [0.4, 0.5) is 5.69 Å². The standard InChI is InChI=1S/C24H35N3O4S/c1-5-6-10-15-27(16-11-14-26(3)4)21-17-20(24(28)29)18-22(32(30,31)25-2)23(21)19-12-8-7-9-13-19/h7-9,12-13,17-18,25H,5-6,10-11,14-16H2,1-4H3,(H,28,29). The zero-order valence-electron chi connectivity index (χ0n) is 19.5. The second kappa shape index (κ2) is 12.0. The van der Waals surface area contributed by atoms with E-state index in [0.29, 0.717) is 17.8 Å². The summed E-state index contributed by atoms with van der Waals surface area (Å²) in [4.78, 5) is 16.1. The molecule has 0 aliphatic carbocycles. The first-order chi connectivity index (χ1) is 15.2. The molecule has 0 amide bonds. The number of benzene rings is 2. The van der Waals surface area contributed by atoms with Gasteiger partial charge in [0.1, 0.15) is 0 Å². The van der Waals surface area contributed by atoms with E-state index in [-0.39, 0.29) is 10.5 Å². The Morgan fingerprint density at radius 2 is 1.66 bits per heavy atom. The SMILES string of the molecule is CCCCCN(CCCN(C)C)c1cc(C(=O)O)cc(S(=O)(=O)NC)c1-c1ccccc1. The Hall–Kier alpha value is -2.42. The van der Waals surface area contributed by atoms with Crippen LogP contribution in [0.15, 0.2) is 47.4 Å². The maximum Gasteiger partial charge on any atom is 0.335 e. The lowest BCUT2D eigenvalue weighted by atomic mass is 9.99. The van der Waals surface area contributed by atoms with Gasteiger partial charge in [0.15, 0.2) is 0 Å². The van der Waals surface area contributed by atoms with Gasteiger partial charge in [0.25, 0.3) is 0 Å². The van der Waals surface area contributed by atoms with Crippen molar-refractivity contribution in [2.24, 2.45) is 0 Å². The highest BCUT2D eigenvalue weighted by atomic mass is 32.2. The van der Waals surface area contributed by atoms with Crippen LogP contribution in [0.25, 0.3) is 11.1 Å². The number of sulfonamides is 1. The van der Waals surface area contributed by atoms with Gasteiger partial charge in [-0.15, -0.1) is 0 Å². The predicted octanol–water partition coefficient (Wildman–Crippen LogP) is 3.91. The zero-order chi connectivity index (χ0) is 23.7. The molecule has 0 aliphatic rings. The Balaban J connectivity index is 2.75. The van der Waals surface area contributed by atoms with E-state index >= 15 is 0 Å². The lowest BCUT2D eigenvalue weighted by Gasteiger charge is -2.29. The molecule has 0 radical (unpaired) electrons. The van der Waals surface area contributed by atoms with E-state index in [4.69, 9.17) is 0 Å². The first-order valence-electron chi connectivity index (χ1n) is 11.0. The summed E-state index contributed by atoms with van der Waals surface area (Å²) >= 11 is 0. The number of unbranched alkanes of at least 4 members (excludes halogenated alkanes) is 2. The number of hydrogen-bond donors (Lipinski definition) is 2. The van der Waals surface area contributed by atoms with Crippen molar-refractivity contribution < 1.29 is 18.3 Å². The van der Waals surface area contributed by atoms with Crippen LogP contribution in [0.1, 0.15) is 43.0 Å². The summed E-state index contributed by atoms with van der Waals surface area (Å²) in [5.41, 5.74) is 1.87. The van der Waals surface area contributed by atoms with E-state index < -0.39 is 16.0 Å². The molecule has 2 N–H and O–H groups in total. The maximum absolute atomic E-state index is 13.0. The second-order valence-corrected chi connectivity index (χ2v) is 9.95. The molecule has 0 fully saturated rings. The molecule has 2 aromatic rings. The van der Waals surface area contributed by atoms with Gasteiger partial charge in [-0.25, -0.2) is 17.9 Å². The molecule has 176 valence electrons. The topological polar surface area (TPSA) is 90.0 Å². The highest BCUT2D eigenvalue weighted by Gasteiger charge is 2.26. The number of nitrogens with one attached hydrogen (secondary N) is 1. The van der Waals surface area contributed by atoms with Crippen molar-refractivity contribution in [3.8, 4) is 11.1 Å². The van der Waals surface area contributed by atoms with Crippen LogP contribution in [0.5, 0.6) is 0 Å². The van der Waals surface area contributed by atoms with Crippen LogP contribution in [0.2, 0.25) is 0 Å². The Morgan fingerprint density at radius 3 is 2.22 bits per heavy atom. The highest BCUT2D eigenvalue weighted by Crippen LogP contribution is 2.38. The van der Waals surface area contributed by atoms with Gasteiger partial charge in [-0.3, -0.25) is 0 Å². The van der Waals surface area contributed by atoms with Crippen molar-refractivity contribution >= 4 is 21.7 Å². The fraction of sp³-hybridized carbons (Fsp3) is 0.458. The first-order valence-corrected chi connectivity index (χ1v) is 12.5. The summed E-state index contributed by atoms with van der Waals surface area (Å²) < 4.78 is 28.3. The maximum atomic E-state index is 13.0. The van der Waals surface area contributed by atoms with Gasteiger partial charge in [0, 0.05) is 24.3 Å². The summed E-state index contributed by atoms with van der Waals surface area (Å²) in [5.74, 6) is -1.15. The smallest absolute Gasteiger partial charge is 0.335 e. The number of aromatic carboxylic acids is 1. The average molecular weight is 462 g/mol. The van der Waals surface area contributed by atoms with Gasteiger partial charge in [0.2, 0.25) is 10.0 Å².